The van der Waals surface area contributed by atoms with Gasteiger partial charge in [-0.05, 0) is 67.7 Å². The molecule has 0 amide bonds. The smallest absolute Gasteiger partial charge is 0.141 e. The van der Waals surface area contributed by atoms with Gasteiger partial charge in [0.25, 0.3) is 0 Å². The third-order valence-electron chi connectivity index (χ3n) is 7.08. The van der Waals surface area contributed by atoms with Crippen LogP contribution < -0.4 is 5.32 Å². The second-order valence-electron chi connectivity index (χ2n) is 9.31. The van der Waals surface area contributed by atoms with Crippen LogP contribution in [0.15, 0.2) is 61.1 Å². The second-order valence-corrected chi connectivity index (χ2v) is 9.31. The molecular formula is C28H25FN6. The molecule has 1 fully saturated rings. The number of hydrogen-bond donors (Lipinski definition) is 1. The van der Waals surface area contributed by atoms with Crippen molar-refractivity contribution < 1.29 is 4.39 Å². The Morgan fingerprint density at radius 1 is 1.11 bits per heavy atom. The topological polar surface area (TPSA) is 71.5 Å². The van der Waals surface area contributed by atoms with Gasteiger partial charge < -0.3 is 9.88 Å². The fourth-order valence-corrected chi connectivity index (χ4v) is 5.26. The number of fused-ring (bicyclic) bond motifs is 2. The summed E-state index contributed by atoms with van der Waals surface area (Å²) < 4.78 is 18.8. The maximum atomic E-state index is 14.7. The molecule has 6 nitrogen and oxygen atoms in total. The highest BCUT2D eigenvalue weighted by molar-refractivity contribution is 6.02. The third kappa shape index (κ3) is 3.76. The zero-order valence-electron chi connectivity index (χ0n) is 19.5. The van der Waals surface area contributed by atoms with Gasteiger partial charge in [0.1, 0.15) is 11.9 Å². The van der Waals surface area contributed by atoms with E-state index in [9.17, 15) is 9.65 Å². The molecule has 0 saturated carbocycles. The Balaban J connectivity index is 1.54. The van der Waals surface area contributed by atoms with E-state index < -0.39 is 5.82 Å². The molecule has 0 unspecified atom stereocenters. The summed E-state index contributed by atoms with van der Waals surface area (Å²) in [6.45, 7) is 3.02. The first-order valence-electron chi connectivity index (χ1n) is 11.9. The fourth-order valence-electron chi connectivity index (χ4n) is 5.26. The summed E-state index contributed by atoms with van der Waals surface area (Å²) in [5.74, 6) is 0.0474. The summed E-state index contributed by atoms with van der Waals surface area (Å²) in [6, 6.07) is 15.0. The number of piperidine rings is 1. The molecule has 1 N–H and O–H groups in total. The Hall–Kier alpha value is -4.02. The van der Waals surface area contributed by atoms with Gasteiger partial charge in [-0.3, -0.25) is 9.67 Å². The van der Waals surface area contributed by atoms with E-state index in [1.807, 2.05) is 48.4 Å². The first-order valence-corrected chi connectivity index (χ1v) is 11.9. The number of nitrogens with one attached hydrogen (secondary N) is 1. The van der Waals surface area contributed by atoms with E-state index in [1.54, 1.807) is 6.07 Å². The Morgan fingerprint density at radius 3 is 2.80 bits per heavy atom. The Kier molecular flexibility index (Phi) is 5.31. The molecule has 7 heteroatoms. The van der Waals surface area contributed by atoms with E-state index in [-0.39, 0.29) is 5.56 Å². The normalized spacial score (nSPS) is 16.1. The Labute approximate surface area is 202 Å². The zero-order valence-corrected chi connectivity index (χ0v) is 19.5. The Morgan fingerprint density at radius 2 is 2.00 bits per heavy atom. The fraction of sp³-hybridized carbons (Fsp3) is 0.250. The lowest BCUT2D eigenvalue weighted by Crippen LogP contribution is -2.32. The van der Waals surface area contributed by atoms with E-state index in [0.717, 1.165) is 58.3 Å². The van der Waals surface area contributed by atoms with Crippen molar-refractivity contribution in [3.63, 3.8) is 0 Å². The monoisotopic (exact) mass is 464 g/mol. The van der Waals surface area contributed by atoms with Crippen LogP contribution in [0, 0.1) is 23.1 Å². The van der Waals surface area contributed by atoms with E-state index in [1.165, 1.54) is 18.9 Å². The van der Waals surface area contributed by atoms with Crippen molar-refractivity contribution in [2.24, 2.45) is 13.0 Å². The van der Waals surface area contributed by atoms with Crippen molar-refractivity contribution in [1.29, 1.82) is 5.26 Å². The van der Waals surface area contributed by atoms with Crippen LogP contribution >= 0.6 is 0 Å². The number of rotatable bonds is 4. The van der Waals surface area contributed by atoms with Crippen molar-refractivity contribution in [1.82, 2.24) is 24.6 Å². The highest BCUT2D eigenvalue weighted by atomic mass is 19.1. The summed E-state index contributed by atoms with van der Waals surface area (Å²) in [7, 11) is 1.92. The molecule has 2 aromatic carbocycles. The van der Waals surface area contributed by atoms with Crippen LogP contribution in [-0.2, 0) is 13.6 Å². The first kappa shape index (κ1) is 21.5. The quantitative estimate of drug-likeness (QED) is 0.393. The van der Waals surface area contributed by atoms with Crippen molar-refractivity contribution in [3.8, 4) is 28.5 Å². The SMILES string of the molecule is Cn1ncc2cc(-c3ncc4c(ccn4C[C@@H]4CCCNC4)c3-c3ccc(C#N)c(F)c3)ccc21. The van der Waals surface area contributed by atoms with Crippen molar-refractivity contribution in [3.05, 3.63) is 72.4 Å². The molecule has 0 bridgehead atoms. The zero-order chi connectivity index (χ0) is 23.9. The molecule has 4 heterocycles. The largest absolute Gasteiger partial charge is 0.346 e. The minimum Gasteiger partial charge on any atom is -0.346 e. The number of aryl methyl sites for hydroxylation is 1. The van der Waals surface area contributed by atoms with Gasteiger partial charge in [0.2, 0.25) is 0 Å². The van der Waals surface area contributed by atoms with Crippen LogP contribution in [0.5, 0.6) is 0 Å². The standard InChI is InChI=1S/C28H25FN6/c1-34-25-7-6-20(11-22(25)15-33-34)28-27(19-4-5-21(13-30)24(29)12-19)23-8-10-35(26(23)16-32-28)17-18-3-2-9-31-14-18/h4-8,10-12,15-16,18,31H,2-3,9,14,17H2,1H3/t18-/m1/s1. The molecule has 6 rings (SSSR count). The third-order valence-corrected chi connectivity index (χ3v) is 7.08. The molecule has 0 aliphatic carbocycles. The molecule has 35 heavy (non-hydrogen) atoms. The second kappa shape index (κ2) is 8.64. The molecule has 1 atom stereocenters. The molecule has 5 aromatic rings. The highest BCUT2D eigenvalue weighted by Crippen LogP contribution is 2.38. The van der Waals surface area contributed by atoms with Crippen LogP contribution in [0.3, 0.4) is 0 Å². The highest BCUT2D eigenvalue weighted by Gasteiger charge is 2.20. The molecule has 0 spiro atoms. The number of hydrogen-bond acceptors (Lipinski definition) is 4. The molecule has 3 aromatic heterocycles. The minimum absolute atomic E-state index is 0.0367. The van der Waals surface area contributed by atoms with Gasteiger partial charge in [-0.2, -0.15) is 10.4 Å². The summed E-state index contributed by atoms with van der Waals surface area (Å²) in [5, 5.41) is 19.1. The van der Waals surface area contributed by atoms with E-state index >= 15 is 0 Å². The summed E-state index contributed by atoms with van der Waals surface area (Å²) in [6.07, 6.45) is 8.28. The number of halogens is 1. The summed E-state index contributed by atoms with van der Waals surface area (Å²) in [5.41, 5.74) is 5.40. The van der Waals surface area contributed by atoms with Gasteiger partial charge in [0, 0.05) is 41.7 Å². The van der Waals surface area contributed by atoms with Gasteiger partial charge in [0.05, 0.1) is 34.7 Å². The van der Waals surface area contributed by atoms with E-state index in [0.29, 0.717) is 11.5 Å². The van der Waals surface area contributed by atoms with Crippen molar-refractivity contribution in [2.75, 3.05) is 13.1 Å². The first-order chi connectivity index (χ1) is 17.1. The number of nitriles is 1. The van der Waals surface area contributed by atoms with Gasteiger partial charge >= 0.3 is 0 Å². The predicted octanol–water partition coefficient (Wildman–Crippen LogP) is 5.27. The lowest BCUT2D eigenvalue weighted by Gasteiger charge is -2.23. The lowest BCUT2D eigenvalue weighted by molar-refractivity contribution is 0.341. The van der Waals surface area contributed by atoms with Gasteiger partial charge in [-0.1, -0.05) is 12.1 Å². The van der Waals surface area contributed by atoms with Gasteiger partial charge in [-0.25, -0.2) is 4.39 Å². The lowest BCUT2D eigenvalue weighted by atomic mass is 9.95. The number of pyridine rings is 1. The van der Waals surface area contributed by atoms with E-state index in [4.69, 9.17) is 4.98 Å². The van der Waals surface area contributed by atoms with Crippen LogP contribution in [0.1, 0.15) is 18.4 Å². The van der Waals surface area contributed by atoms with Gasteiger partial charge in [-0.15, -0.1) is 0 Å². The average Bonchev–Trinajstić information content (AvgIpc) is 3.47. The van der Waals surface area contributed by atoms with Crippen molar-refractivity contribution in [2.45, 2.75) is 19.4 Å². The molecule has 0 radical (unpaired) electrons. The van der Waals surface area contributed by atoms with Crippen LogP contribution in [-0.4, -0.2) is 32.4 Å². The predicted molar refractivity (Wildman–Crippen MR) is 135 cm³/mol. The minimum atomic E-state index is -0.525. The summed E-state index contributed by atoms with van der Waals surface area (Å²) in [4.78, 5) is 4.91. The average molecular weight is 465 g/mol. The molecule has 174 valence electrons. The number of nitrogens with zero attached hydrogens (tertiary/aromatic N) is 5. The Bertz CT molecular complexity index is 1600. The number of aromatic nitrogens is 4. The van der Waals surface area contributed by atoms with Crippen molar-refractivity contribution >= 4 is 21.8 Å². The molecule has 1 aliphatic rings. The van der Waals surface area contributed by atoms with Crippen LogP contribution in [0.25, 0.3) is 44.2 Å². The summed E-state index contributed by atoms with van der Waals surface area (Å²) >= 11 is 0. The maximum Gasteiger partial charge on any atom is 0.141 e. The molecule has 1 saturated heterocycles. The molecular weight excluding hydrogens is 439 g/mol. The molecule has 1 aliphatic heterocycles. The van der Waals surface area contributed by atoms with Gasteiger partial charge in [0.15, 0.2) is 0 Å². The van der Waals surface area contributed by atoms with Crippen LogP contribution in [0.4, 0.5) is 4.39 Å². The van der Waals surface area contributed by atoms with E-state index in [2.05, 4.69) is 33.3 Å². The number of benzene rings is 2. The maximum absolute atomic E-state index is 14.7. The van der Waals surface area contributed by atoms with Crippen LogP contribution in [0.2, 0.25) is 0 Å².